The SMILES string of the molecule is N#Cc1csc(CNc2cccc3c(=O)[nH][nH]c(=O)c23)c1. The van der Waals surface area contributed by atoms with Gasteiger partial charge in [-0.3, -0.25) is 19.8 Å². The number of H-pyrrole nitrogens is 2. The number of nitrogens with one attached hydrogen (secondary N) is 3. The molecule has 0 atom stereocenters. The van der Waals surface area contributed by atoms with Crippen LogP contribution in [-0.2, 0) is 6.54 Å². The van der Waals surface area contributed by atoms with Crippen LogP contribution >= 0.6 is 11.3 Å². The first kappa shape index (κ1) is 13.1. The van der Waals surface area contributed by atoms with Crippen molar-refractivity contribution in [1.82, 2.24) is 10.2 Å². The normalized spacial score (nSPS) is 10.4. The number of thiophene rings is 1. The lowest BCUT2D eigenvalue weighted by atomic mass is 10.1. The third-order valence-corrected chi connectivity index (χ3v) is 4.00. The molecule has 2 aromatic heterocycles. The Morgan fingerprint density at radius 3 is 2.81 bits per heavy atom. The van der Waals surface area contributed by atoms with E-state index >= 15 is 0 Å². The van der Waals surface area contributed by atoms with Crippen LogP contribution in [0.3, 0.4) is 0 Å². The Morgan fingerprint density at radius 2 is 2.05 bits per heavy atom. The number of fused-ring (bicyclic) bond motifs is 1. The maximum absolute atomic E-state index is 11.9. The van der Waals surface area contributed by atoms with E-state index in [1.165, 1.54) is 11.3 Å². The smallest absolute Gasteiger partial charge is 0.272 e. The lowest BCUT2D eigenvalue weighted by Crippen LogP contribution is -2.20. The average Bonchev–Trinajstić information content (AvgIpc) is 2.97. The highest BCUT2D eigenvalue weighted by Crippen LogP contribution is 2.20. The highest BCUT2D eigenvalue weighted by atomic mass is 32.1. The fourth-order valence-corrected chi connectivity index (χ4v) is 2.84. The number of anilines is 1. The predicted octanol–water partition coefficient (Wildman–Crippen LogP) is 1.76. The van der Waals surface area contributed by atoms with Gasteiger partial charge in [-0.2, -0.15) is 5.26 Å². The fourth-order valence-electron chi connectivity index (χ4n) is 2.09. The second-order valence-corrected chi connectivity index (χ2v) is 5.40. The summed E-state index contributed by atoms with van der Waals surface area (Å²) in [5.74, 6) is 0. The molecule has 3 rings (SSSR count). The van der Waals surface area contributed by atoms with Gasteiger partial charge in [0, 0.05) is 22.5 Å². The minimum Gasteiger partial charge on any atom is -0.379 e. The predicted molar refractivity (Wildman–Crippen MR) is 81.6 cm³/mol. The third kappa shape index (κ3) is 2.44. The second kappa shape index (κ2) is 5.26. The number of nitrogens with zero attached hydrogens (tertiary/aromatic N) is 1. The molecule has 0 fully saturated rings. The zero-order valence-corrected chi connectivity index (χ0v) is 11.6. The minimum absolute atomic E-state index is 0.332. The van der Waals surface area contributed by atoms with Gasteiger partial charge in [0.25, 0.3) is 11.1 Å². The molecule has 2 heterocycles. The zero-order chi connectivity index (χ0) is 14.8. The van der Waals surface area contributed by atoms with Gasteiger partial charge in [0.05, 0.1) is 16.3 Å². The van der Waals surface area contributed by atoms with Crippen LogP contribution in [0, 0.1) is 11.3 Å². The summed E-state index contributed by atoms with van der Waals surface area (Å²) in [5, 5.41) is 19.0. The Bertz CT molecular complexity index is 961. The molecule has 104 valence electrons. The van der Waals surface area contributed by atoms with Crippen LogP contribution < -0.4 is 16.4 Å². The molecule has 0 bridgehead atoms. The highest BCUT2D eigenvalue weighted by molar-refractivity contribution is 7.10. The topological polar surface area (TPSA) is 102 Å². The van der Waals surface area contributed by atoms with Gasteiger partial charge in [-0.1, -0.05) is 6.07 Å². The molecular formula is C14H10N4O2S. The number of rotatable bonds is 3. The van der Waals surface area contributed by atoms with Gasteiger partial charge in [0.1, 0.15) is 6.07 Å². The first-order chi connectivity index (χ1) is 10.2. The van der Waals surface area contributed by atoms with Crippen molar-refractivity contribution in [1.29, 1.82) is 5.26 Å². The first-order valence-corrected chi connectivity index (χ1v) is 7.02. The maximum Gasteiger partial charge on any atom is 0.272 e. The van der Waals surface area contributed by atoms with Crippen LogP contribution in [0.1, 0.15) is 10.4 Å². The zero-order valence-electron chi connectivity index (χ0n) is 10.8. The Hall–Kier alpha value is -2.85. The van der Waals surface area contributed by atoms with Gasteiger partial charge in [-0.15, -0.1) is 11.3 Å². The van der Waals surface area contributed by atoms with Gasteiger partial charge in [0.2, 0.25) is 0 Å². The number of aromatic nitrogens is 2. The van der Waals surface area contributed by atoms with Crippen LogP contribution in [0.4, 0.5) is 5.69 Å². The van der Waals surface area contributed by atoms with Gasteiger partial charge in [-0.25, -0.2) is 0 Å². The van der Waals surface area contributed by atoms with Crippen molar-refractivity contribution in [3.05, 3.63) is 60.8 Å². The minimum atomic E-state index is -0.350. The van der Waals surface area contributed by atoms with E-state index < -0.39 is 0 Å². The number of aromatic amines is 2. The van der Waals surface area contributed by atoms with Gasteiger partial charge in [-0.05, 0) is 18.2 Å². The fraction of sp³-hybridized carbons (Fsp3) is 0.0714. The van der Waals surface area contributed by atoms with Crippen LogP contribution in [0.15, 0.2) is 39.2 Å². The van der Waals surface area contributed by atoms with E-state index in [1.54, 1.807) is 29.6 Å². The van der Waals surface area contributed by atoms with Crippen molar-refractivity contribution in [3.63, 3.8) is 0 Å². The molecule has 0 saturated carbocycles. The molecule has 0 saturated heterocycles. The van der Waals surface area contributed by atoms with Gasteiger partial charge >= 0.3 is 0 Å². The quantitative estimate of drug-likeness (QED) is 0.685. The monoisotopic (exact) mass is 298 g/mol. The standard InChI is InChI=1S/C14H10N4O2S/c15-5-8-4-9(21-7-8)6-16-11-3-1-2-10-12(11)14(20)18-17-13(10)19/h1-4,7,16H,6H2,(H,17,19)(H,18,20). The summed E-state index contributed by atoms with van der Waals surface area (Å²) in [5.41, 5.74) is 0.517. The van der Waals surface area contributed by atoms with E-state index in [0.717, 1.165) is 4.88 Å². The molecule has 0 radical (unpaired) electrons. The molecule has 0 aliphatic heterocycles. The molecule has 7 heteroatoms. The van der Waals surface area contributed by atoms with Crippen molar-refractivity contribution < 1.29 is 0 Å². The molecule has 0 aliphatic rings. The lowest BCUT2D eigenvalue weighted by molar-refractivity contribution is 0.976. The summed E-state index contributed by atoms with van der Waals surface area (Å²) >= 11 is 1.47. The summed E-state index contributed by atoms with van der Waals surface area (Å²) in [6, 6.07) is 8.93. The van der Waals surface area contributed by atoms with E-state index in [1.807, 2.05) is 0 Å². The van der Waals surface area contributed by atoms with E-state index in [4.69, 9.17) is 5.26 Å². The Balaban J connectivity index is 1.98. The van der Waals surface area contributed by atoms with Crippen molar-refractivity contribution >= 4 is 27.8 Å². The average molecular weight is 298 g/mol. The Kier molecular flexibility index (Phi) is 3.30. The number of hydrogen-bond donors (Lipinski definition) is 3. The molecule has 1 aromatic carbocycles. The molecule has 3 aromatic rings. The molecule has 3 N–H and O–H groups in total. The summed E-state index contributed by atoms with van der Waals surface area (Å²) in [6.07, 6.45) is 0. The van der Waals surface area contributed by atoms with Crippen LogP contribution in [0.5, 0.6) is 0 Å². The van der Waals surface area contributed by atoms with Crippen molar-refractivity contribution in [2.45, 2.75) is 6.54 Å². The van der Waals surface area contributed by atoms with E-state index in [0.29, 0.717) is 28.6 Å². The first-order valence-electron chi connectivity index (χ1n) is 6.14. The van der Waals surface area contributed by atoms with Crippen molar-refractivity contribution in [2.24, 2.45) is 0 Å². The number of nitriles is 1. The van der Waals surface area contributed by atoms with E-state index in [2.05, 4.69) is 21.6 Å². The Morgan fingerprint density at radius 1 is 1.24 bits per heavy atom. The summed E-state index contributed by atoms with van der Waals surface area (Å²) in [7, 11) is 0. The van der Waals surface area contributed by atoms with Crippen molar-refractivity contribution in [3.8, 4) is 6.07 Å². The van der Waals surface area contributed by atoms with E-state index in [-0.39, 0.29) is 11.1 Å². The highest BCUT2D eigenvalue weighted by Gasteiger charge is 2.08. The molecule has 0 spiro atoms. The van der Waals surface area contributed by atoms with E-state index in [9.17, 15) is 9.59 Å². The van der Waals surface area contributed by atoms with Gasteiger partial charge in [0.15, 0.2) is 0 Å². The van der Waals surface area contributed by atoms with Crippen molar-refractivity contribution in [2.75, 3.05) is 5.32 Å². The molecule has 0 aliphatic carbocycles. The number of hydrogen-bond acceptors (Lipinski definition) is 5. The summed E-state index contributed by atoms with van der Waals surface area (Å²) in [6.45, 7) is 0.484. The Labute approximate surface area is 122 Å². The lowest BCUT2D eigenvalue weighted by Gasteiger charge is -2.07. The van der Waals surface area contributed by atoms with Crippen LogP contribution in [-0.4, -0.2) is 10.2 Å². The molecular weight excluding hydrogens is 288 g/mol. The molecule has 21 heavy (non-hydrogen) atoms. The number of benzene rings is 1. The van der Waals surface area contributed by atoms with Gasteiger partial charge < -0.3 is 5.32 Å². The van der Waals surface area contributed by atoms with Crippen LogP contribution in [0.2, 0.25) is 0 Å². The second-order valence-electron chi connectivity index (χ2n) is 4.40. The molecule has 0 amide bonds. The maximum atomic E-state index is 11.9. The molecule has 6 nitrogen and oxygen atoms in total. The summed E-state index contributed by atoms with van der Waals surface area (Å²) in [4.78, 5) is 24.6. The van der Waals surface area contributed by atoms with Crippen LogP contribution in [0.25, 0.3) is 10.8 Å². The third-order valence-electron chi connectivity index (χ3n) is 3.06. The largest absolute Gasteiger partial charge is 0.379 e. The molecule has 0 unspecified atom stereocenters. The summed E-state index contributed by atoms with van der Waals surface area (Å²) < 4.78 is 0.